The quantitative estimate of drug-likeness (QED) is 0.774. The minimum Gasteiger partial charge on any atom is -0.396 e. The number of H-pyrrole nitrogens is 1. The van der Waals surface area contributed by atoms with E-state index < -0.39 is 11.5 Å². The highest BCUT2D eigenvalue weighted by atomic mass is 79.9. The highest BCUT2D eigenvalue weighted by Gasteiger charge is 2.14. The van der Waals surface area contributed by atoms with E-state index in [2.05, 4.69) is 26.2 Å². The van der Waals surface area contributed by atoms with Crippen LogP contribution < -0.4 is 10.9 Å². The maximum Gasteiger partial charge on any atom is 0.261 e. The van der Waals surface area contributed by atoms with Crippen LogP contribution in [0.5, 0.6) is 0 Å². The van der Waals surface area contributed by atoms with Crippen LogP contribution >= 0.6 is 15.9 Å². The molecule has 1 atom stereocenters. The molecule has 1 unspecified atom stereocenters. The number of carbonyl (C=O) groups is 1. The fourth-order valence-electron chi connectivity index (χ4n) is 1.33. The summed E-state index contributed by atoms with van der Waals surface area (Å²) in [6.45, 7) is 3.50. The molecular formula is C11H15BrN2O3. The summed E-state index contributed by atoms with van der Waals surface area (Å²) >= 11 is 3.26. The van der Waals surface area contributed by atoms with Crippen LogP contribution in [-0.2, 0) is 0 Å². The molecular weight excluding hydrogens is 288 g/mol. The average molecular weight is 303 g/mol. The van der Waals surface area contributed by atoms with E-state index in [1.807, 2.05) is 0 Å². The predicted octanol–water partition coefficient (Wildman–Crippen LogP) is 0.947. The number of carbonyl (C=O) groups excluding carboxylic acids is 1. The topological polar surface area (TPSA) is 82.2 Å². The second-order valence-electron chi connectivity index (χ2n) is 3.87. The van der Waals surface area contributed by atoms with Crippen LogP contribution in [0.1, 0.15) is 29.4 Å². The first kappa shape index (κ1) is 13.9. The smallest absolute Gasteiger partial charge is 0.261 e. The van der Waals surface area contributed by atoms with Gasteiger partial charge in [0.1, 0.15) is 5.56 Å². The first-order chi connectivity index (χ1) is 7.95. The summed E-state index contributed by atoms with van der Waals surface area (Å²) in [5.41, 5.74) is 0.321. The predicted molar refractivity (Wildman–Crippen MR) is 68.1 cm³/mol. The monoisotopic (exact) mass is 302 g/mol. The van der Waals surface area contributed by atoms with Crippen LogP contribution in [0, 0.1) is 6.92 Å². The van der Waals surface area contributed by atoms with Gasteiger partial charge in [-0.25, -0.2) is 0 Å². The molecule has 5 nitrogen and oxygen atoms in total. The molecule has 0 aromatic carbocycles. The van der Waals surface area contributed by atoms with Gasteiger partial charge in [0.15, 0.2) is 0 Å². The molecule has 1 rings (SSSR count). The van der Waals surface area contributed by atoms with Crippen LogP contribution in [0.3, 0.4) is 0 Å². The molecule has 0 aliphatic rings. The lowest BCUT2D eigenvalue weighted by Crippen LogP contribution is -2.36. The van der Waals surface area contributed by atoms with Gasteiger partial charge in [-0.1, -0.05) is 0 Å². The fraction of sp³-hybridized carbons (Fsp3) is 0.455. The van der Waals surface area contributed by atoms with Crippen molar-refractivity contribution in [2.24, 2.45) is 0 Å². The Balaban J connectivity index is 2.90. The Labute approximate surface area is 107 Å². The maximum atomic E-state index is 11.8. The third-order valence-electron chi connectivity index (χ3n) is 2.36. The molecule has 1 aromatic rings. The first-order valence-corrected chi connectivity index (χ1v) is 6.06. The largest absolute Gasteiger partial charge is 0.396 e. The van der Waals surface area contributed by atoms with Gasteiger partial charge in [0.25, 0.3) is 11.5 Å². The van der Waals surface area contributed by atoms with Crippen LogP contribution in [0.4, 0.5) is 0 Å². The van der Waals surface area contributed by atoms with E-state index in [9.17, 15) is 9.59 Å². The standard InChI is InChI=1S/C11H15BrN2O3/c1-6(3-4-15)13-10(16)8-5-9(12)7(2)14-11(8)17/h5-6,15H,3-4H2,1-2H3,(H,13,16)(H,14,17). The molecule has 0 saturated carbocycles. The van der Waals surface area contributed by atoms with E-state index in [4.69, 9.17) is 5.11 Å². The summed E-state index contributed by atoms with van der Waals surface area (Å²) in [5.74, 6) is -0.437. The molecule has 1 amide bonds. The number of nitrogens with one attached hydrogen (secondary N) is 2. The lowest BCUT2D eigenvalue weighted by atomic mass is 10.2. The van der Waals surface area contributed by atoms with Gasteiger partial charge in [0.2, 0.25) is 0 Å². The van der Waals surface area contributed by atoms with Crippen LogP contribution in [0.2, 0.25) is 0 Å². The van der Waals surface area contributed by atoms with Crippen LogP contribution in [0.25, 0.3) is 0 Å². The van der Waals surface area contributed by atoms with Crippen molar-refractivity contribution in [3.8, 4) is 0 Å². The molecule has 94 valence electrons. The minimum absolute atomic E-state index is 0.00457. The second-order valence-corrected chi connectivity index (χ2v) is 4.73. The molecule has 1 aromatic heterocycles. The van der Waals surface area contributed by atoms with Crippen molar-refractivity contribution < 1.29 is 9.90 Å². The molecule has 0 radical (unpaired) electrons. The average Bonchev–Trinajstić information content (AvgIpc) is 2.23. The van der Waals surface area contributed by atoms with Crippen molar-refractivity contribution in [3.63, 3.8) is 0 Å². The van der Waals surface area contributed by atoms with Gasteiger partial charge < -0.3 is 15.4 Å². The fourth-order valence-corrected chi connectivity index (χ4v) is 1.66. The lowest BCUT2D eigenvalue weighted by Gasteiger charge is -2.12. The van der Waals surface area contributed by atoms with E-state index in [0.717, 1.165) is 0 Å². The third-order valence-corrected chi connectivity index (χ3v) is 3.18. The Morgan fingerprint density at radius 2 is 2.29 bits per heavy atom. The van der Waals surface area contributed by atoms with Crippen molar-refractivity contribution in [1.82, 2.24) is 10.3 Å². The number of aromatic amines is 1. The molecule has 1 heterocycles. The first-order valence-electron chi connectivity index (χ1n) is 5.27. The number of rotatable bonds is 4. The SMILES string of the molecule is Cc1[nH]c(=O)c(C(=O)NC(C)CCO)cc1Br. The van der Waals surface area contributed by atoms with Gasteiger partial charge in [-0.2, -0.15) is 0 Å². The molecule has 0 fully saturated rings. The zero-order valence-corrected chi connectivity index (χ0v) is 11.3. The van der Waals surface area contributed by atoms with Crippen molar-refractivity contribution in [3.05, 3.63) is 32.2 Å². The summed E-state index contributed by atoms with van der Waals surface area (Å²) in [6.07, 6.45) is 0.455. The Bertz CT molecular complexity index is 470. The van der Waals surface area contributed by atoms with Crippen molar-refractivity contribution in [2.75, 3.05) is 6.61 Å². The lowest BCUT2D eigenvalue weighted by molar-refractivity contribution is 0.0933. The van der Waals surface area contributed by atoms with Gasteiger partial charge in [0.05, 0.1) is 0 Å². The van der Waals surface area contributed by atoms with Gasteiger partial charge in [0, 0.05) is 22.8 Å². The summed E-state index contributed by atoms with van der Waals surface area (Å²) in [7, 11) is 0. The molecule has 17 heavy (non-hydrogen) atoms. The molecule has 0 aliphatic heterocycles. The Hall–Kier alpha value is -1.14. The number of hydrogen-bond donors (Lipinski definition) is 3. The van der Waals surface area contributed by atoms with Gasteiger partial charge in [-0.3, -0.25) is 9.59 Å². The number of halogens is 1. The maximum absolute atomic E-state index is 11.8. The third kappa shape index (κ3) is 3.67. The Morgan fingerprint density at radius 1 is 1.65 bits per heavy atom. The number of aliphatic hydroxyl groups is 1. The van der Waals surface area contributed by atoms with Crippen molar-refractivity contribution in [2.45, 2.75) is 26.3 Å². The molecule has 3 N–H and O–H groups in total. The molecule has 6 heteroatoms. The minimum atomic E-state index is -0.437. The van der Waals surface area contributed by atoms with Crippen LogP contribution in [0.15, 0.2) is 15.3 Å². The second kappa shape index (κ2) is 5.97. The normalized spacial score (nSPS) is 12.2. The van der Waals surface area contributed by atoms with Gasteiger partial charge in [-0.15, -0.1) is 0 Å². The van der Waals surface area contributed by atoms with Crippen molar-refractivity contribution >= 4 is 21.8 Å². The van der Waals surface area contributed by atoms with E-state index >= 15 is 0 Å². The van der Waals surface area contributed by atoms with Crippen LogP contribution in [-0.4, -0.2) is 28.6 Å². The number of amides is 1. The van der Waals surface area contributed by atoms with E-state index in [1.165, 1.54) is 6.07 Å². The highest BCUT2D eigenvalue weighted by Crippen LogP contribution is 2.12. The summed E-state index contributed by atoms with van der Waals surface area (Å²) in [4.78, 5) is 25.9. The molecule has 0 aliphatic carbocycles. The van der Waals surface area contributed by atoms with Gasteiger partial charge >= 0.3 is 0 Å². The van der Waals surface area contributed by atoms with E-state index in [1.54, 1.807) is 13.8 Å². The number of hydrogen-bond acceptors (Lipinski definition) is 3. The summed E-state index contributed by atoms with van der Waals surface area (Å²) in [6, 6.07) is 1.32. The highest BCUT2D eigenvalue weighted by molar-refractivity contribution is 9.10. The Morgan fingerprint density at radius 3 is 2.88 bits per heavy atom. The van der Waals surface area contributed by atoms with Gasteiger partial charge in [-0.05, 0) is 42.3 Å². The van der Waals surface area contributed by atoms with E-state index in [-0.39, 0.29) is 18.2 Å². The zero-order valence-electron chi connectivity index (χ0n) is 9.71. The number of pyridine rings is 1. The number of aromatic nitrogens is 1. The number of aliphatic hydroxyl groups excluding tert-OH is 1. The molecule has 0 bridgehead atoms. The summed E-state index contributed by atoms with van der Waals surface area (Å²) < 4.78 is 0.678. The van der Waals surface area contributed by atoms with Crippen molar-refractivity contribution in [1.29, 1.82) is 0 Å². The zero-order chi connectivity index (χ0) is 13.0. The number of aryl methyl sites for hydroxylation is 1. The summed E-state index contributed by atoms with van der Waals surface area (Å²) in [5, 5.41) is 11.4. The molecule has 0 spiro atoms. The molecule has 0 saturated heterocycles. The Kier molecular flexibility index (Phi) is 4.89. The van der Waals surface area contributed by atoms with E-state index in [0.29, 0.717) is 16.6 Å².